The fraction of sp³-hybridized carbons (Fsp3) is 0.294. The second kappa shape index (κ2) is 6.88. The number of nitrogens with zero attached hydrogens (tertiary/aromatic N) is 1. The first kappa shape index (κ1) is 15.0. The van der Waals surface area contributed by atoms with Gasteiger partial charge in [-0.3, -0.25) is 9.59 Å². The number of ether oxygens (including phenoxy) is 1. The number of rotatable bonds is 5. The maximum absolute atomic E-state index is 12.6. The number of amides is 1. The van der Waals surface area contributed by atoms with E-state index in [4.69, 9.17) is 4.74 Å². The third-order valence-corrected chi connectivity index (χ3v) is 3.31. The van der Waals surface area contributed by atoms with Gasteiger partial charge >= 0.3 is 5.97 Å². The van der Waals surface area contributed by atoms with Crippen LogP contribution in [-0.2, 0) is 9.53 Å². The number of carbonyl (C=O) groups excluding carboxylic acids is 2. The third kappa shape index (κ3) is 3.40. The van der Waals surface area contributed by atoms with Crippen LogP contribution in [0, 0.1) is 0 Å². The van der Waals surface area contributed by atoms with Crippen molar-refractivity contribution in [3.8, 4) is 0 Å². The molecule has 0 saturated heterocycles. The Balaban J connectivity index is 2.29. The highest BCUT2D eigenvalue weighted by Crippen LogP contribution is 2.20. The molecule has 21 heavy (non-hydrogen) atoms. The van der Waals surface area contributed by atoms with Crippen LogP contribution in [0.15, 0.2) is 42.5 Å². The molecule has 2 aromatic rings. The van der Waals surface area contributed by atoms with E-state index in [9.17, 15) is 9.59 Å². The average molecular weight is 285 g/mol. The lowest BCUT2D eigenvalue weighted by Crippen LogP contribution is -2.36. The zero-order valence-electron chi connectivity index (χ0n) is 12.3. The van der Waals surface area contributed by atoms with E-state index in [1.54, 1.807) is 13.0 Å². The van der Waals surface area contributed by atoms with E-state index < -0.39 is 0 Å². The second-order valence-electron chi connectivity index (χ2n) is 4.65. The lowest BCUT2D eigenvalue weighted by molar-refractivity contribution is -0.143. The molecule has 0 N–H and O–H groups in total. The smallest absolute Gasteiger partial charge is 0.325 e. The number of hydrogen-bond acceptors (Lipinski definition) is 3. The fourth-order valence-corrected chi connectivity index (χ4v) is 2.27. The molecule has 0 aromatic heterocycles. The molecule has 0 aliphatic carbocycles. The van der Waals surface area contributed by atoms with Crippen LogP contribution in [0.25, 0.3) is 10.8 Å². The van der Waals surface area contributed by atoms with Crippen LogP contribution in [0.5, 0.6) is 0 Å². The number of carbonyl (C=O) groups is 2. The summed E-state index contributed by atoms with van der Waals surface area (Å²) in [4.78, 5) is 25.7. The summed E-state index contributed by atoms with van der Waals surface area (Å²) in [5.41, 5.74) is 0.610. The highest BCUT2D eigenvalue weighted by atomic mass is 16.5. The summed E-state index contributed by atoms with van der Waals surface area (Å²) < 4.78 is 4.91. The highest BCUT2D eigenvalue weighted by molar-refractivity contribution is 6.07. The van der Waals surface area contributed by atoms with Crippen LogP contribution < -0.4 is 0 Å². The molecule has 4 nitrogen and oxygen atoms in total. The molecule has 0 aliphatic rings. The number of likely N-dealkylation sites (N-methyl/N-ethyl adjacent to an activating group) is 1. The quantitative estimate of drug-likeness (QED) is 0.794. The molecule has 0 saturated carbocycles. The van der Waals surface area contributed by atoms with E-state index in [2.05, 4.69) is 0 Å². The van der Waals surface area contributed by atoms with Crippen molar-refractivity contribution in [2.45, 2.75) is 13.8 Å². The Kier molecular flexibility index (Phi) is 4.93. The van der Waals surface area contributed by atoms with Gasteiger partial charge in [-0.25, -0.2) is 0 Å². The van der Waals surface area contributed by atoms with Gasteiger partial charge in [-0.2, -0.15) is 0 Å². The van der Waals surface area contributed by atoms with Crippen LogP contribution in [0.2, 0.25) is 0 Å². The Morgan fingerprint density at radius 3 is 2.48 bits per heavy atom. The minimum atomic E-state index is -0.382. The van der Waals surface area contributed by atoms with E-state index in [1.165, 1.54) is 4.90 Å². The summed E-state index contributed by atoms with van der Waals surface area (Å²) in [5.74, 6) is -0.532. The van der Waals surface area contributed by atoms with Gasteiger partial charge in [-0.05, 0) is 30.7 Å². The van der Waals surface area contributed by atoms with Crippen molar-refractivity contribution < 1.29 is 14.3 Å². The van der Waals surface area contributed by atoms with Crippen LogP contribution in [0.3, 0.4) is 0 Å². The van der Waals surface area contributed by atoms with Crippen molar-refractivity contribution in [2.75, 3.05) is 19.7 Å². The molecular formula is C17H19NO3. The van der Waals surface area contributed by atoms with Crippen LogP contribution >= 0.6 is 0 Å². The maximum atomic E-state index is 12.6. The van der Waals surface area contributed by atoms with Gasteiger partial charge in [0.2, 0.25) is 0 Å². The Hall–Kier alpha value is -2.36. The van der Waals surface area contributed by atoms with Gasteiger partial charge in [0.15, 0.2) is 0 Å². The normalized spacial score (nSPS) is 10.4. The largest absolute Gasteiger partial charge is 0.465 e. The molecule has 0 fully saturated rings. The molecule has 2 aromatic carbocycles. The SMILES string of the molecule is CCOC(=O)CN(CC)C(=O)c1cccc2ccccc12. The summed E-state index contributed by atoms with van der Waals surface area (Å²) in [6.07, 6.45) is 0. The number of esters is 1. The predicted octanol–water partition coefficient (Wildman–Crippen LogP) is 2.87. The van der Waals surface area contributed by atoms with Gasteiger partial charge in [-0.15, -0.1) is 0 Å². The van der Waals surface area contributed by atoms with Gasteiger partial charge in [0, 0.05) is 12.1 Å². The topological polar surface area (TPSA) is 46.6 Å². The lowest BCUT2D eigenvalue weighted by atomic mass is 10.0. The zero-order valence-corrected chi connectivity index (χ0v) is 12.3. The Labute approximate surface area is 124 Å². The maximum Gasteiger partial charge on any atom is 0.325 e. The summed E-state index contributed by atoms with van der Waals surface area (Å²) >= 11 is 0. The Bertz CT molecular complexity index is 646. The fourth-order valence-electron chi connectivity index (χ4n) is 2.27. The molecule has 0 unspecified atom stereocenters. The first-order chi connectivity index (χ1) is 10.2. The molecule has 110 valence electrons. The van der Waals surface area contributed by atoms with Crippen molar-refractivity contribution in [1.82, 2.24) is 4.90 Å². The van der Waals surface area contributed by atoms with E-state index in [-0.39, 0.29) is 18.4 Å². The molecular weight excluding hydrogens is 266 g/mol. The van der Waals surface area contributed by atoms with Crippen molar-refractivity contribution in [1.29, 1.82) is 0 Å². The number of hydrogen-bond donors (Lipinski definition) is 0. The average Bonchev–Trinajstić information content (AvgIpc) is 2.51. The molecule has 4 heteroatoms. The summed E-state index contributed by atoms with van der Waals surface area (Å²) in [6, 6.07) is 13.3. The molecule has 0 bridgehead atoms. The number of fused-ring (bicyclic) bond motifs is 1. The lowest BCUT2D eigenvalue weighted by Gasteiger charge is -2.20. The van der Waals surface area contributed by atoms with Crippen LogP contribution in [0.1, 0.15) is 24.2 Å². The molecule has 0 heterocycles. The monoisotopic (exact) mass is 285 g/mol. The van der Waals surface area contributed by atoms with E-state index in [0.717, 1.165) is 10.8 Å². The first-order valence-electron chi connectivity index (χ1n) is 7.10. The molecule has 0 spiro atoms. The minimum Gasteiger partial charge on any atom is -0.465 e. The molecule has 1 amide bonds. The van der Waals surface area contributed by atoms with Crippen molar-refractivity contribution in [2.24, 2.45) is 0 Å². The van der Waals surface area contributed by atoms with Gasteiger partial charge < -0.3 is 9.64 Å². The standard InChI is InChI=1S/C17H19NO3/c1-3-18(12-16(19)21-4-2)17(20)15-11-7-9-13-8-5-6-10-14(13)15/h5-11H,3-4,12H2,1-2H3. The molecule has 0 aliphatic heterocycles. The van der Waals surface area contributed by atoms with Gasteiger partial charge in [-0.1, -0.05) is 36.4 Å². The van der Waals surface area contributed by atoms with Gasteiger partial charge in [0.05, 0.1) is 6.61 Å². The highest BCUT2D eigenvalue weighted by Gasteiger charge is 2.19. The van der Waals surface area contributed by atoms with E-state index >= 15 is 0 Å². The summed E-state index contributed by atoms with van der Waals surface area (Å²) in [7, 11) is 0. The third-order valence-electron chi connectivity index (χ3n) is 3.31. The number of benzene rings is 2. The van der Waals surface area contributed by atoms with Crippen LogP contribution in [-0.4, -0.2) is 36.5 Å². The van der Waals surface area contributed by atoms with Crippen molar-refractivity contribution >= 4 is 22.6 Å². The van der Waals surface area contributed by atoms with Crippen LogP contribution in [0.4, 0.5) is 0 Å². The minimum absolute atomic E-state index is 0.0214. The van der Waals surface area contributed by atoms with Gasteiger partial charge in [0.1, 0.15) is 6.54 Å². The van der Waals surface area contributed by atoms with Crippen molar-refractivity contribution in [3.63, 3.8) is 0 Å². The second-order valence-corrected chi connectivity index (χ2v) is 4.65. The Morgan fingerprint density at radius 1 is 1.05 bits per heavy atom. The van der Waals surface area contributed by atoms with E-state index in [0.29, 0.717) is 18.7 Å². The molecule has 0 radical (unpaired) electrons. The van der Waals surface area contributed by atoms with Crippen molar-refractivity contribution in [3.05, 3.63) is 48.0 Å². The van der Waals surface area contributed by atoms with Gasteiger partial charge in [0.25, 0.3) is 5.91 Å². The molecule has 2 rings (SSSR count). The predicted molar refractivity (Wildman–Crippen MR) is 82.2 cm³/mol. The first-order valence-corrected chi connectivity index (χ1v) is 7.10. The summed E-state index contributed by atoms with van der Waals surface area (Å²) in [5, 5.41) is 1.91. The Morgan fingerprint density at radius 2 is 1.76 bits per heavy atom. The molecule has 0 atom stereocenters. The zero-order chi connectivity index (χ0) is 15.2. The van der Waals surface area contributed by atoms with E-state index in [1.807, 2.05) is 43.3 Å². The summed E-state index contributed by atoms with van der Waals surface area (Å²) in [6.45, 7) is 4.36.